The van der Waals surface area contributed by atoms with Crippen molar-refractivity contribution in [3.05, 3.63) is 0 Å². The molecule has 0 heterocycles. The van der Waals surface area contributed by atoms with Crippen molar-refractivity contribution in [1.29, 1.82) is 0 Å². The zero-order valence-corrected chi connectivity index (χ0v) is 14.1. The molecule has 4 saturated carbocycles. The van der Waals surface area contributed by atoms with E-state index in [2.05, 4.69) is 4.74 Å². The van der Waals surface area contributed by atoms with Crippen LogP contribution < -0.4 is 0 Å². The van der Waals surface area contributed by atoms with Crippen molar-refractivity contribution in [3.63, 3.8) is 0 Å². The van der Waals surface area contributed by atoms with Crippen LogP contribution in [-0.4, -0.2) is 43.1 Å². The fraction of sp³-hybridized carbons (Fsp3) is 0.933. The molecule has 0 saturated heterocycles. The number of hydrogen-bond acceptors (Lipinski definition) is 5. The average Bonchev–Trinajstić information content (AvgIpc) is 2.42. The highest BCUT2D eigenvalue weighted by molar-refractivity contribution is 7.85. The van der Waals surface area contributed by atoms with Crippen LogP contribution in [0, 0.1) is 23.2 Å². The lowest BCUT2D eigenvalue weighted by atomic mass is 9.49. The van der Waals surface area contributed by atoms with E-state index in [0.717, 1.165) is 19.3 Å². The largest absolute Gasteiger partial charge is 0.748 e. The number of halogens is 4. The minimum atomic E-state index is -5.46. The molecular formula is C15H19F4O5S-. The van der Waals surface area contributed by atoms with Gasteiger partial charge in [-0.15, -0.1) is 0 Å². The molecule has 0 aliphatic heterocycles. The van der Waals surface area contributed by atoms with Crippen LogP contribution in [0.5, 0.6) is 0 Å². The number of carbonyl (C=O) groups excluding carboxylic acids is 1. The Bertz CT molecular complexity index is 605. The van der Waals surface area contributed by atoms with E-state index in [1.165, 1.54) is 0 Å². The average molecular weight is 387 g/mol. The molecule has 144 valence electrons. The Morgan fingerprint density at radius 1 is 1.04 bits per heavy atom. The standard InChI is InChI=1S/C15H20F4O5S/c16-11(17)15(12(18)19,7-25(21,22)23)24-13(20)14-4-8-1-9(5-14)3-10(2-8)6-14/h8-12H,1-7H2,(H,21,22,23)/p-1. The van der Waals surface area contributed by atoms with Crippen LogP contribution in [0.4, 0.5) is 17.6 Å². The molecule has 4 aliphatic carbocycles. The van der Waals surface area contributed by atoms with Gasteiger partial charge in [-0.25, -0.2) is 26.0 Å². The molecule has 25 heavy (non-hydrogen) atoms. The number of carbonyl (C=O) groups is 1. The van der Waals surface area contributed by atoms with Gasteiger partial charge in [0.1, 0.15) is 0 Å². The van der Waals surface area contributed by atoms with Gasteiger partial charge in [0.15, 0.2) is 0 Å². The highest BCUT2D eigenvalue weighted by Gasteiger charge is 2.60. The van der Waals surface area contributed by atoms with Gasteiger partial charge in [0.05, 0.1) is 21.3 Å². The normalized spacial score (nSPS) is 34.8. The lowest BCUT2D eigenvalue weighted by molar-refractivity contribution is -0.222. The molecule has 0 aromatic rings. The summed E-state index contributed by atoms with van der Waals surface area (Å²) in [5.74, 6) is -2.66. The molecule has 0 atom stereocenters. The second kappa shape index (κ2) is 6.07. The van der Waals surface area contributed by atoms with Gasteiger partial charge in [-0.1, -0.05) is 0 Å². The van der Waals surface area contributed by atoms with Crippen molar-refractivity contribution < 1.29 is 40.1 Å². The van der Waals surface area contributed by atoms with Crippen LogP contribution in [0.1, 0.15) is 38.5 Å². The van der Waals surface area contributed by atoms with E-state index in [-0.39, 0.29) is 17.8 Å². The third-order valence-corrected chi connectivity index (χ3v) is 6.70. The third kappa shape index (κ3) is 3.39. The van der Waals surface area contributed by atoms with Crippen LogP contribution in [0.2, 0.25) is 0 Å². The molecule has 10 heteroatoms. The molecule has 4 bridgehead atoms. The van der Waals surface area contributed by atoms with E-state index >= 15 is 0 Å². The molecule has 5 nitrogen and oxygen atoms in total. The van der Waals surface area contributed by atoms with Gasteiger partial charge >= 0.3 is 5.97 Å². The van der Waals surface area contributed by atoms with Crippen LogP contribution >= 0.6 is 0 Å². The lowest BCUT2D eigenvalue weighted by Gasteiger charge is -2.55. The summed E-state index contributed by atoms with van der Waals surface area (Å²) in [5, 5.41) is 0. The van der Waals surface area contributed by atoms with E-state index < -0.39 is 45.7 Å². The Balaban J connectivity index is 1.88. The van der Waals surface area contributed by atoms with Crippen molar-refractivity contribution in [3.8, 4) is 0 Å². The van der Waals surface area contributed by atoms with E-state index in [9.17, 15) is 35.3 Å². The monoisotopic (exact) mass is 387 g/mol. The van der Waals surface area contributed by atoms with Crippen molar-refractivity contribution >= 4 is 16.1 Å². The quantitative estimate of drug-likeness (QED) is 0.397. The summed E-state index contributed by atoms with van der Waals surface area (Å²) in [5.41, 5.74) is -5.03. The zero-order valence-electron chi connectivity index (χ0n) is 13.3. The Hall–Kier alpha value is -0.900. The molecule has 0 radical (unpaired) electrons. The van der Waals surface area contributed by atoms with Gasteiger partial charge in [-0.05, 0) is 56.3 Å². The Kier molecular flexibility index (Phi) is 4.59. The minimum absolute atomic E-state index is 0.231. The third-order valence-electron chi connectivity index (χ3n) is 5.90. The lowest BCUT2D eigenvalue weighted by Crippen LogP contribution is -2.58. The predicted molar refractivity (Wildman–Crippen MR) is 76.0 cm³/mol. The van der Waals surface area contributed by atoms with Crippen LogP contribution in [0.25, 0.3) is 0 Å². The summed E-state index contributed by atoms with van der Waals surface area (Å²) in [6, 6.07) is 0. The smallest absolute Gasteiger partial charge is 0.313 e. The van der Waals surface area contributed by atoms with Crippen molar-refractivity contribution in [2.45, 2.75) is 57.0 Å². The molecule has 0 amide bonds. The molecule has 0 N–H and O–H groups in total. The van der Waals surface area contributed by atoms with E-state index in [1.807, 2.05) is 0 Å². The Labute approximate surface area is 142 Å². The van der Waals surface area contributed by atoms with Gasteiger partial charge in [0.2, 0.25) is 5.60 Å². The van der Waals surface area contributed by atoms with Gasteiger partial charge in [-0.2, -0.15) is 0 Å². The first-order valence-corrected chi connectivity index (χ1v) is 9.77. The molecular weight excluding hydrogens is 368 g/mol. The molecule has 0 aromatic heterocycles. The minimum Gasteiger partial charge on any atom is -0.748 e. The molecule has 4 rings (SSSR count). The number of hydrogen-bond donors (Lipinski definition) is 0. The second-order valence-corrected chi connectivity index (χ2v) is 9.25. The zero-order chi connectivity index (χ0) is 18.6. The first-order valence-electron chi connectivity index (χ1n) is 8.19. The molecule has 0 unspecified atom stereocenters. The van der Waals surface area contributed by atoms with Crippen LogP contribution in [-0.2, 0) is 19.6 Å². The fourth-order valence-electron chi connectivity index (χ4n) is 5.26. The van der Waals surface area contributed by atoms with Crippen LogP contribution in [0.3, 0.4) is 0 Å². The maximum atomic E-state index is 13.3. The van der Waals surface area contributed by atoms with E-state index in [4.69, 9.17) is 0 Å². The topological polar surface area (TPSA) is 83.5 Å². The number of rotatable bonds is 6. The molecule has 0 aromatic carbocycles. The summed E-state index contributed by atoms with van der Waals surface area (Å²) < 4.78 is 90.3. The van der Waals surface area contributed by atoms with Crippen molar-refractivity contribution in [2.24, 2.45) is 23.2 Å². The fourth-order valence-corrected chi connectivity index (χ4v) is 6.12. The van der Waals surface area contributed by atoms with Gasteiger partial charge in [0, 0.05) is 0 Å². The maximum absolute atomic E-state index is 13.3. The predicted octanol–water partition coefficient (Wildman–Crippen LogP) is 2.56. The van der Waals surface area contributed by atoms with Crippen molar-refractivity contribution in [2.75, 3.05) is 5.75 Å². The molecule has 0 spiro atoms. The van der Waals surface area contributed by atoms with E-state index in [0.29, 0.717) is 19.3 Å². The summed E-state index contributed by atoms with van der Waals surface area (Å²) in [6.07, 6.45) is -4.06. The maximum Gasteiger partial charge on any atom is 0.313 e. The highest BCUT2D eigenvalue weighted by atomic mass is 32.2. The number of alkyl halides is 4. The summed E-state index contributed by atoms with van der Waals surface area (Å²) in [6.45, 7) is 0. The first kappa shape index (κ1) is 18.9. The Morgan fingerprint density at radius 3 is 1.76 bits per heavy atom. The second-order valence-electron chi connectivity index (χ2n) is 7.85. The first-order chi connectivity index (χ1) is 11.5. The van der Waals surface area contributed by atoms with E-state index in [1.54, 1.807) is 0 Å². The van der Waals surface area contributed by atoms with Crippen LogP contribution in [0.15, 0.2) is 0 Å². The van der Waals surface area contributed by atoms with Crippen molar-refractivity contribution in [1.82, 2.24) is 0 Å². The Morgan fingerprint density at radius 2 is 1.44 bits per heavy atom. The summed E-state index contributed by atoms with van der Waals surface area (Å²) in [4.78, 5) is 12.6. The van der Waals surface area contributed by atoms with Gasteiger partial charge in [0.25, 0.3) is 12.9 Å². The SMILES string of the molecule is O=C(OC(CS(=O)(=O)[O-])(C(F)F)C(F)F)C12CC3CC(CC(C3)C1)C2. The highest BCUT2D eigenvalue weighted by Crippen LogP contribution is 2.60. The van der Waals surface area contributed by atoms with Gasteiger partial charge in [-0.3, -0.25) is 4.79 Å². The summed E-state index contributed by atoms with van der Waals surface area (Å²) in [7, 11) is -5.46. The molecule has 4 fully saturated rings. The number of esters is 1. The number of ether oxygens (including phenoxy) is 1. The summed E-state index contributed by atoms with van der Waals surface area (Å²) >= 11 is 0. The molecule has 4 aliphatic rings. The van der Waals surface area contributed by atoms with Gasteiger partial charge < -0.3 is 9.29 Å².